The van der Waals surface area contributed by atoms with E-state index in [-0.39, 0.29) is 61.4 Å². The van der Waals surface area contributed by atoms with Crippen molar-refractivity contribution in [1.82, 2.24) is 25.0 Å². The smallest absolute Gasteiger partial charge is 0.451 e. The van der Waals surface area contributed by atoms with Gasteiger partial charge in [-0.2, -0.15) is 13.2 Å². The molecule has 2 aliphatic rings. The lowest BCUT2D eigenvalue weighted by molar-refractivity contribution is -0.151. The molecule has 9 nitrogen and oxygen atoms in total. The van der Waals surface area contributed by atoms with Gasteiger partial charge in [-0.3, -0.25) is 9.59 Å². The zero-order valence-corrected chi connectivity index (χ0v) is 18.4. The highest BCUT2D eigenvalue weighted by Gasteiger charge is 2.40. The molecule has 2 atom stereocenters. The van der Waals surface area contributed by atoms with E-state index in [0.717, 1.165) is 10.6 Å². The Labute approximate surface area is 196 Å². The molecule has 1 aromatic heterocycles. The van der Waals surface area contributed by atoms with Crippen LogP contribution in [-0.4, -0.2) is 63.4 Å². The summed E-state index contributed by atoms with van der Waals surface area (Å²) < 4.78 is 64.1. The van der Waals surface area contributed by atoms with Crippen LogP contribution in [0.3, 0.4) is 0 Å². The van der Waals surface area contributed by atoms with Gasteiger partial charge in [0.15, 0.2) is 12.4 Å². The van der Waals surface area contributed by atoms with Gasteiger partial charge in [0.1, 0.15) is 17.7 Å². The number of nitrogens with zero attached hydrogens (tertiary/aromatic N) is 4. The van der Waals surface area contributed by atoms with Crippen molar-refractivity contribution in [2.24, 2.45) is 0 Å². The normalized spacial score (nSPS) is 20.6. The van der Waals surface area contributed by atoms with Crippen LogP contribution in [0.15, 0.2) is 18.2 Å². The van der Waals surface area contributed by atoms with Crippen molar-refractivity contribution in [3.63, 3.8) is 0 Å². The van der Waals surface area contributed by atoms with Crippen molar-refractivity contribution in [1.29, 1.82) is 0 Å². The fourth-order valence-corrected chi connectivity index (χ4v) is 3.92. The molecule has 0 saturated carbocycles. The van der Waals surface area contributed by atoms with E-state index in [9.17, 15) is 27.2 Å². The van der Waals surface area contributed by atoms with Gasteiger partial charge < -0.3 is 24.3 Å². The average molecular weight is 506 g/mol. The van der Waals surface area contributed by atoms with Crippen LogP contribution in [0.1, 0.15) is 24.5 Å². The number of carbonyl (C=O) groups excluding carboxylic acids is 2. The Kier molecular flexibility index (Phi) is 6.94. The Balaban J connectivity index is 1.23. The number of rotatable bonds is 5. The molecule has 2 aromatic rings. The molecule has 0 radical (unpaired) electrons. The first-order valence-corrected chi connectivity index (χ1v) is 10.8. The SMILES string of the molecule is O=C(COc1ccc(Cl)c(F)c1)N[C@@H]1CC[C@@H](C(=O)N2CCn3c(nnc3C(F)(F)F)C2)OC1. The zero-order chi connectivity index (χ0) is 24.5. The van der Waals surface area contributed by atoms with Crippen LogP contribution in [0.4, 0.5) is 17.6 Å². The second-order valence-electron chi connectivity index (χ2n) is 7.88. The van der Waals surface area contributed by atoms with Gasteiger partial charge in [-0.25, -0.2) is 4.39 Å². The monoisotopic (exact) mass is 505 g/mol. The number of ether oxygens (including phenoxy) is 2. The van der Waals surface area contributed by atoms with Gasteiger partial charge in [-0.1, -0.05) is 11.6 Å². The van der Waals surface area contributed by atoms with E-state index in [2.05, 4.69) is 15.5 Å². The number of aromatic nitrogens is 3. The molecule has 34 heavy (non-hydrogen) atoms. The first kappa shape index (κ1) is 24.2. The van der Waals surface area contributed by atoms with Crippen LogP contribution in [0.5, 0.6) is 5.75 Å². The van der Waals surface area contributed by atoms with Gasteiger partial charge in [-0.15, -0.1) is 10.2 Å². The van der Waals surface area contributed by atoms with E-state index < -0.39 is 29.8 Å². The fourth-order valence-electron chi connectivity index (χ4n) is 3.80. The predicted octanol–water partition coefficient (Wildman–Crippen LogP) is 2.17. The molecule has 2 amide bonds. The number of alkyl halides is 3. The Morgan fingerprint density at radius 1 is 1.24 bits per heavy atom. The van der Waals surface area contributed by atoms with E-state index >= 15 is 0 Å². The maximum Gasteiger partial charge on any atom is 0.451 e. The lowest BCUT2D eigenvalue weighted by atomic mass is 10.0. The first-order valence-electron chi connectivity index (χ1n) is 10.4. The lowest BCUT2D eigenvalue weighted by Crippen LogP contribution is -2.50. The molecule has 184 valence electrons. The third-order valence-corrected chi connectivity index (χ3v) is 5.80. The molecule has 14 heteroatoms. The second-order valence-corrected chi connectivity index (χ2v) is 8.28. The summed E-state index contributed by atoms with van der Waals surface area (Å²) in [6.07, 6.45) is -4.60. The molecular weight excluding hydrogens is 486 g/mol. The number of halogens is 5. The number of nitrogens with one attached hydrogen (secondary N) is 1. The Hall–Kier alpha value is -2.93. The Bertz CT molecular complexity index is 1070. The summed E-state index contributed by atoms with van der Waals surface area (Å²) in [5, 5.41) is 9.43. The lowest BCUT2D eigenvalue weighted by Gasteiger charge is -2.34. The van der Waals surface area contributed by atoms with Crippen LogP contribution in [-0.2, 0) is 33.6 Å². The van der Waals surface area contributed by atoms with Crippen LogP contribution in [0.25, 0.3) is 0 Å². The fraction of sp³-hybridized carbons (Fsp3) is 0.500. The van der Waals surface area contributed by atoms with Crippen molar-refractivity contribution in [3.05, 3.63) is 40.7 Å². The topological polar surface area (TPSA) is 98.6 Å². The number of hydrogen-bond donors (Lipinski definition) is 1. The van der Waals surface area contributed by atoms with Crippen molar-refractivity contribution in [3.8, 4) is 5.75 Å². The molecule has 1 saturated heterocycles. The first-order chi connectivity index (χ1) is 16.1. The summed E-state index contributed by atoms with van der Waals surface area (Å²) in [4.78, 5) is 26.3. The number of fused-ring (bicyclic) bond motifs is 1. The molecule has 0 unspecified atom stereocenters. The minimum Gasteiger partial charge on any atom is -0.484 e. The maximum atomic E-state index is 13.4. The van der Waals surface area contributed by atoms with Crippen molar-refractivity contribution in [2.45, 2.75) is 44.3 Å². The number of benzene rings is 1. The van der Waals surface area contributed by atoms with E-state index in [1.165, 1.54) is 17.0 Å². The van der Waals surface area contributed by atoms with Gasteiger partial charge in [0.25, 0.3) is 11.8 Å². The molecule has 3 heterocycles. The van der Waals surface area contributed by atoms with Gasteiger partial charge in [0.2, 0.25) is 5.82 Å². The molecule has 0 bridgehead atoms. The van der Waals surface area contributed by atoms with Crippen molar-refractivity contribution in [2.75, 3.05) is 19.8 Å². The van der Waals surface area contributed by atoms with Gasteiger partial charge in [0.05, 0.1) is 24.2 Å². The third-order valence-electron chi connectivity index (χ3n) is 5.50. The standard InChI is InChI=1S/C20H20ClF4N5O4/c21-13-3-2-12(7-14(13)22)33-10-17(31)26-11-1-4-15(34-9-11)18(32)29-5-6-30-16(8-29)27-28-19(30)20(23,24)25/h2-3,7,11,15H,1,4-6,8-10H2,(H,26,31)/t11-,15+/m1/s1. The maximum absolute atomic E-state index is 13.4. The number of carbonyl (C=O) groups is 2. The highest BCUT2D eigenvalue weighted by Crippen LogP contribution is 2.30. The summed E-state index contributed by atoms with van der Waals surface area (Å²) in [5.74, 6) is -2.31. The van der Waals surface area contributed by atoms with Gasteiger partial charge in [0, 0.05) is 19.2 Å². The molecule has 0 aliphatic carbocycles. The molecular formula is C20H20ClF4N5O4. The average Bonchev–Trinajstić information content (AvgIpc) is 3.24. The van der Waals surface area contributed by atoms with Crippen LogP contribution < -0.4 is 10.1 Å². The minimum absolute atomic E-state index is 0.0576. The van der Waals surface area contributed by atoms with Gasteiger partial charge >= 0.3 is 6.18 Å². The highest BCUT2D eigenvalue weighted by molar-refractivity contribution is 6.30. The minimum atomic E-state index is -4.61. The number of hydrogen-bond acceptors (Lipinski definition) is 6. The Morgan fingerprint density at radius 2 is 2.03 bits per heavy atom. The third kappa shape index (κ3) is 5.41. The van der Waals surface area contributed by atoms with Crippen LogP contribution in [0, 0.1) is 5.82 Å². The molecule has 1 aromatic carbocycles. The largest absolute Gasteiger partial charge is 0.484 e. The van der Waals surface area contributed by atoms with Crippen LogP contribution in [0.2, 0.25) is 5.02 Å². The summed E-state index contributed by atoms with van der Waals surface area (Å²) in [5.41, 5.74) is 0. The van der Waals surface area contributed by atoms with Crippen molar-refractivity contribution >= 4 is 23.4 Å². The molecule has 0 spiro atoms. The predicted molar refractivity (Wildman–Crippen MR) is 108 cm³/mol. The second kappa shape index (κ2) is 9.74. The molecule has 4 rings (SSSR count). The highest BCUT2D eigenvalue weighted by atomic mass is 35.5. The van der Waals surface area contributed by atoms with E-state index in [0.29, 0.717) is 12.8 Å². The van der Waals surface area contributed by atoms with E-state index in [1.807, 2.05) is 0 Å². The molecule has 1 fully saturated rings. The Morgan fingerprint density at radius 3 is 2.71 bits per heavy atom. The van der Waals surface area contributed by atoms with Gasteiger partial charge in [-0.05, 0) is 25.0 Å². The number of amides is 2. The zero-order valence-electron chi connectivity index (χ0n) is 17.6. The summed E-state index contributed by atoms with van der Waals surface area (Å²) in [7, 11) is 0. The quantitative estimate of drug-likeness (QED) is 0.626. The van der Waals surface area contributed by atoms with E-state index in [4.69, 9.17) is 21.1 Å². The summed E-state index contributed by atoms with van der Waals surface area (Å²) in [6, 6.07) is 3.48. The van der Waals surface area contributed by atoms with E-state index in [1.54, 1.807) is 0 Å². The summed E-state index contributed by atoms with van der Waals surface area (Å²) in [6.45, 7) is -0.333. The van der Waals surface area contributed by atoms with Crippen LogP contribution >= 0.6 is 11.6 Å². The molecule has 2 aliphatic heterocycles. The summed E-state index contributed by atoms with van der Waals surface area (Å²) >= 11 is 5.60. The molecule has 1 N–H and O–H groups in total. The van der Waals surface area contributed by atoms with Crippen molar-refractivity contribution < 1.29 is 36.6 Å².